The molecule has 1 saturated heterocycles. The standard InChI is InChI=1S/C15H13N5O3/c21-15(12-5-7-17-23-12)20-8-2-4-11(20)14-19-18-13(22-14)10-3-1-6-16-9-10/h1,3,5-7,9,11H,2,4,8H2. The zero-order valence-corrected chi connectivity index (χ0v) is 12.1. The highest BCUT2D eigenvalue weighted by molar-refractivity contribution is 5.91. The van der Waals surface area contributed by atoms with Crippen molar-refractivity contribution in [3.63, 3.8) is 0 Å². The van der Waals surface area contributed by atoms with Gasteiger partial charge in [0.15, 0.2) is 0 Å². The van der Waals surface area contributed by atoms with Gasteiger partial charge in [-0.25, -0.2) is 0 Å². The van der Waals surface area contributed by atoms with Crippen molar-refractivity contribution in [2.75, 3.05) is 6.54 Å². The SMILES string of the molecule is O=C(c1ccno1)N1CCCC1c1nnc(-c2cccnc2)o1. The second kappa shape index (κ2) is 5.64. The first-order chi connectivity index (χ1) is 11.3. The third kappa shape index (κ3) is 2.48. The van der Waals surface area contributed by atoms with Crippen LogP contribution >= 0.6 is 0 Å². The van der Waals surface area contributed by atoms with Crippen LogP contribution in [0.25, 0.3) is 11.5 Å². The van der Waals surface area contributed by atoms with Gasteiger partial charge < -0.3 is 13.8 Å². The van der Waals surface area contributed by atoms with Crippen LogP contribution in [0.5, 0.6) is 0 Å². The average Bonchev–Trinajstić information content (AvgIpc) is 3.35. The number of likely N-dealkylation sites (tertiary alicyclic amines) is 1. The van der Waals surface area contributed by atoms with Crippen LogP contribution < -0.4 is 0 Å². The topological polar surface area (TPSA) is 98.2 Å². The van der Waals surface area contributed by atoms with Gasteiger partial charge >= 0.3 is 0 Å². The van der Waals surface area contributed by atoms with E-state index in [0.29, 0.717) is 18.3 Å². The molecule has 1 amide bonds. The maximum absolute atomic E-state index is 12.5. The fourth-order valence-electron chi connectivity index (χ4n) is 2.71. The summed E-state index contributed by atoms with van der Waals surface area (Å²) in [6.45, 7) is 0.620. The fraction of sp³-hybridized carbons (Fsp3) is 0.267. The Labute approximate surface area is 131 Å². The number of carbonyl (C=O) groups is 1. The summed E-state index contributed by atoms with van der Waals surface area (Å²) in [5.74, 6) is 0.816. The van der Waals surface area contributed by atoms with E-state index in [1.54, 1.807) is 29.4 Å². The summed E-state index contributed by atoms with van der Waals surface area (Å²) in [7, 11) is 0. The summed E-state index contributed by atoms with van der Waals surface area (Å²) in [5, 5.41) is 11.7. The molecule has 4 heterocycles. The van der Waals surface area contributed by atoms with Crippen molar-refractivity contribution in [3.8, 4) is 11.5 Å². The maximum atomic E-state index is 12.5. The van der Waals surface area contributed by atoms with Crippen molar-refractivity contribution < 1.29 is 13.7 Å². The summed E-state index contributed by atoms with van der Waals surface area (Å²) in [4.78, 5) is 18.2. The van der Waals surface area contributed by atoms with E-state index < -0.39 is 0 Å². The smallest absolute Gasteiger partial charge is 0.293 e. The summed E-state index contributed by atoms with van der Waals surface area (Å²) >= 11 is 0. The minimum Gasteiger partial charge on any atom is -0.418 e. The minimum atomic E-state index is -0.245. The van der Waals surface area contributed by atoms with E-state index in [9.17, 15) is 4.79 Å². The molecular weight excluding hydrogens is 298 g/mol. The van der Waals surface area contributed by atoms with Crippen LogP contribution in [0.1, 0.15) is 35.3 Å². The van der Waals surface area contributed by atoms with Gasteiger partial charge in [-0.15, -0.1) is 10.2 Å². The molecule has 3 aromatic rings. The zero-order valence-electron chi connectivity index (χ0n) is 12.1. The number of rotatable bonds is 3. The molecule has 8 nitrogen and oxygen atoms in total. The molecule has 4 rings (SSSR count). The van der Waals surface area contributed by atoms with Crippen molar-refractivity contribution in [2.24, 2.45) is 0 Å². The van der Waals surface area contributed by atoms with E-state index in [1.807, 2.05) is 6.07 Å². The van der Waals surface area contributed by atoms with Gasteiger partial charge in [-0.2, -0.15) is 0 Å². The first kappa shape index (κ1) is 13.6. The molecule has 116 valence electrons. The van der Waals surface area contributed by atoms with Gasteiger partial charge in [-0.3, -0.25) is 9.78 Å². The molecule has 1 fully saturated rings. The molecule has 1 aliphatic rings. The summed E-state index contributed by atoms with van der Waals surface area (Å²) < 4.78 is 10.7. The van der Waals surface area contributed by atoms with Gasteiger partial charge in [-0.05, 0) is 25.0 Å². The summed E-state index contributed by atoms with van der Waals surface area (Å²) in [5.41, 5.74) is 0.748. The second-order valence-corrected chi connectivity index (χ2v) is 5.22. The Balaban J connectivity index is 1.60. The summed E-state index contributed by atoms with van der Waals surface area (Å²) in [6.07, 6.45) is 6.42. The number of pyridine rings is 1. The predicted octanol–water partition coefficient (Wildman–Crippen LogP) is 2.10. The van der Waals surface area contributed by atoms with E-state index in [2.05, 4.69) is 20.3 Å². The molecule has 0 saturated carbocycles. The van der Waals surface area contributed by atoms with Crippen molar-refractivity contribution in [2.45, 2.75) is 18.9 Å². The van der Waals surface area contributed by atoms with Gasteiger partial charge in [0.2, 0.25) is 17.5 Å². The zero-order chi connectivity index (χ0) is 15.6. The lowest BCUT2D eigenvalue weighted by molar-refractivity contribution is 0.0673. The number of hydrogen-bond donors (Lipinski definition) is 0. The molecular formula is C15H13N5O3. The van der Waals surface area contributed by atoms with Crippen LogP contribution in [-0.2, 0) is 0 Å². The Morgan fingerprint density at radius 2 is 2.22 bits per heavy atom. The highest BCUT2D eigenvalue weighted by Gasteiger charge is 2.35. The molecule has 8 heteroatoms. The normalized spacial score (nSPS) is 17.6. The highest BCUT2D eigenvalue weighted by Crippen LogP contribution is 2.33. The Kier molecular flexibility index (Phi) is 3.34. The van der Waals surface area contributed by atoms with E-state index in [-0.39, 0.29) is 17.7 Å². The van der Waals surface area contributed by atoms with Crippen LogP contribution in [0, 0.1) is 0 Å². The van der Waals surface area contributed by atoms with Crippen molar-refractivity contribution in [1.29, 1.82) is 0 Å². The third-order valence-corrected chi connectivity index (χ3v) is 3.80. The van der Waals surface area contributed by atoms with Gasteiger partial charge in [0.1, 0.15) is 6.04 Å². The number of hydrogen-bond acceptors (Lipinski definition) is 7. The molecule has 0 radical (unpaired) electrons. The average molecular weight is 311 g/mol. The van der Waals surface area contributed by atoms with Crippen LogP contribution in [0.3, 0.4) is 0 Å². The Morgan fingerprint density at radius 1 is 1.26 bits per heavy atom. The molecule has 3 aromatic heterocycles. The predicted molar refractivity (Wildman–Crippen MR) is 77.0 cm³/mol. The van der Waals surface area contributed by atoms with Crippen LogP contribution in [0.4, 0.5) is 0 Å². The molecule has 0 spiro atoms. The van der Waals surface area contributed by atoms with Gasteiger partial charge in [0.25, 0.3) is 5.91 Å². The van der Waals surface area contributed by atoms with Crippen molar-refractivity contribution >= 4 is 5.91 Å². The van der Waals surface area contributed by atoms with Crippen LogP contribution in [0.15, 0.2) is 45.7 Å². The summed E-state index contributed by atoms with van der Waals surface area (Å²) in [6, 6.07) is 4.95. The van der Waals surface area contributed by atoms with Gasteiger partial charge in [0.05, 0.1) is 11.8 Å². The third-order valence-electron chi connectivity index (χ3n) is 3.80. The quantitative estimate of drug-likeness (QED) is 0.730. The van der Waals surface area contributed by atoms with Crippen LogP contribution in [-0.4, -0.2) is 37.7 Å². The molecule has 1 unspecified atom stereocenters. The lowest BCUT2D eigenvalue weighted by atomic mass is 10.2. The Hall–Kier alpha value is -3.03. The minimum absolute atomic E-state index is 0.212. The monoisotopic (exact) mass is 311 g/mol. The molecule has 23 heavy (non-hydrogen) atoms. The number of carbonyl (C=O) groups excluding carboxylic acids is 1. The van der Waals surface area contributed by atoms with E-state index in [0.717, 1.165) is 18.4 Å². The first-order valence-electron chi connectivity index (χ1n) is 7.28. The Bertz CT molecular complexity index is 800. The van der Waals surface area contributed by atoms with E-state index in [4.69, 9.17) is 8.94 Å². The lowest BCUT2D eigenvalue weighted by Crippen LogP contribution is -2.30. The van der Waals surface area contributed by atoms with Crippen molar-refractivity contribution in [3.05, 3.63) is 48.4 Å². The maximum Gasteiger partial charge on any atom is 0.293 e. The largest absolute Gasteiger partial charge is 0.418 e. The molecule has 1 atom stereocenters. The number of amides is 1. The molecule has 0 aromatic carbocycles. The molecule has 0 N–H and O–H groups in total. The highest BCUT2D eigenvalue weighted by atomic mass is 16.5. The van der Waals surface area contributed by atoms with Gasteiger partial charge in [0, 0.05) is 25.0 Å². The number of nitrogens with zero attached hydrogens (tertiary/aromatic N) is 5. The van der Waals surface area contributed by atoms with Crippen molar-refractivity contribution in [1.82, 2.24) is 25.2 Å². The van der Waals surface area contributed by atoms with E-state index in [1.165, 1.54) is 6.20 Å². The second-order valence-electron chi connectivity index (χ2n) is 5.22. The van der Waals surface area contributed by atoms with Gasteiger partial charge in [-0.1, -0.05) is 5.16 Å². The van der Waals surface area contributed by atoms with Crippen LogP contribution in [0.2, 0.25) is 0 Å². The first-order valence-corrected chi connectivity index (χ1v) is 7.28. The molecule has 1 aliphatic heterocycles. The lowest BCUT2D eigenvalue weighted by Gasteiger charge is -2.20. The Morgan fingerprint density at radius 3 is 3.00 bits per heavy atom. The van der Waals surface area contributed by atoms with E-state index >= 15 is 0 Å². The molecule has 0 bridgehead atoms. The molecule has 0 aliphatic carbocycles. The number of aromatic nitrogens is 4. The fourth-order valence-corrected chi connectivity index (χ4v) is 2.71.